The molecular formula is C16H17F5O2. The fourth-order valence-corrected chi connectivity index (χ4v) is 2.77. The minimum absolute atomic E-state index is 0.110. The molecule has 0 aromatic heterocycles. The first-order chi connectivity index (χ1) is 10.4. The van der Waals surface area contributed by atoms with Gasteiger partial charge in [0.25, 0.3) is 0 Å². The number of hydrogen-bond acceptors (Lipinski definition) is 2. The van der Waals surface area contributed by atoms with Gasteiger partial charge in [0.1, 0.15) is 6.61 Å². The molecule has 23 heavy (non-hydrogen) atoms. The van der Waals surface area contributed by atoms with Gasteiger partial charge in [0.05, 0.1) is 11.5 Å². The number of halogens is 5. The second kappa shape index (κ2) is 5.46. The van der Waals surface area contributed by atoms with Crippen LogP contribution in [0.25, 0.3) is 0 Å². The summed E-state index contributed by atoms with van der Waals surface area (Å²) in [5, 5.41) is 0. The summed E-state index contributed by atoms with van der Waals surface area (Å²) in [5.74, 6) is -11.5. The van der Waals surface area contributed by atoms with Crippen molar-refractivity contribution in [1.29, 1.82) is 0 Å². The van der Waals surface area contributed by atoms with E-state index in [2.05, 4.69) is 0 Å². The van der Waals surface area contributed by atoms with Crippen LogP contribution in [0.5, 0.6) is 0 Å². The Kier molecular flexibility index (Phi) is 4.20. The van der Waals surface area contributed by atoms with Crippen molar-refractivity contribution in [2.45, 2.75) is 40.7 Å². The molecular weight excluding hydrogens is 319 g/mol. The van der Waals surface area contributed by atoms with Gasteiger partial charge in [-0.05, 0) is 17.3 Å². The molecule has 0 amide bonds. The van der Waals surface area contributed by atoms with Crippen LogP contribution in [-0.4, -0.2) is 5.97 Å². The van der Waals surface area contributed by atoms with Gasteiger partial charge in [-0.3, -0.25) is 4.79 Å². The van der Waals surface area contributed by atoms with Crippen LogP contribution in [0.4, 0.5) is 22.0 Å². The summed E-state index contributed by atoms with van der Waals surface area (Å²) in [6.07, 6.45) is 0.524. The predicted molar refractivity (Wildman–Crippen MR) is 71.7 cm³/mol. The highest BCUT2D eigenvalue weighted by atomic mass is 19.2. The third-order valence-electron chi connectivity index (χ3n) is 5.27. The van der Waals surface area contributed by atoms with Gasteiger partial charge in [0.2, 0.25) is 5.82 Å². The number of carbonyl (C=O) groups is 1. The van der Waals surface area contributed by atoms with Crippen molar-refractivity contribution in [3.8, 4) is 0 Å². The van der Waals surface area contributed by atoms with Crippen molar-refractivity contribution in [3.63, 3.8) is 0 Å². The Morgan fingerprint density at radius 1 is 0.957 bits per heavy atom. The molecule has 0 saturated heterocycles. The average Bonchev–Trinajstić information content (AvgIpc) is 2.48. The molecule has 1 aromatic rings. The second-order valence-corrected chi connectivity index (χ2v) is 7.02. The SMILES string of the molecule is CC1(C)CC(C(=O)OCc2c(F)c(F)c(F)c(F)c2F)C1(C)C. The van der Waals surface area contributed by atoms with E-state index in [1.165, 1.54) is 0 Å². The third-order valence-corrected chi connectivity index (χ3v) is 5.27. The van der Waals surface area contributed by atoms with Crippen LogP contribution in [0.1, 0.15) is 39.7 Å². The smallest absolute Gasteiger partial charge is 0.309 e. The first-order valence-corrected chi connectivity index (χ1v) is 7.08. The van der Waals surface area contributed by atoms with Gasteiger partial charge in [-0.2, -0.15) is 0 Å². The van der Waals surface area contributed by atoms with E-state index in [4.69, 9.17) is 4.74 Å². The third kappa shape index (κ3) is 2.60. The molecule has 1 aliphatic carbocycles. The molecule has 0 spiro atoms. The van der Waals surface area contributed by atoms with E-state index in [0.29, 0.717) is 6.42 Å². The lowest BCUT2D eigenvalue weighted by molar-refractivity contribution is -0.178. The Morgan fingerprint density at radius 3 is 1.78 bits per heavy atom. The lowest BCUT2D eigenvalue weighted by atomic mass is 9.47. The minimum atomic E-state index is -2.24. The fourth-order valence-electron chi connectivity index (χ4n) is 2.77. The topological polar surface area (TPSA) is 26.3 Å². The summed E-state index contributed by atoms with van der Waals surface area (Å²) < 4.78 is 70.9. The minimum Gasteiger partial charge on any atom is -0.460 e. The zero-order valence-electron chi connectivity index (χ0n) is 13.2. The number of hydrogen-bond donors (Lipinski definition) is 0. The maximum Gasteiger partial charge on any atom is 0.309 e. The summed E-state index contributed by atoms with van der Waals surface area (Å²) in [7, 11) is 0. The first kappa shape index (κ1) is 17.7. The molecule has 1 saturated carbocycles. The van der Waals surface area contributed by atoms with Crippen molar-refractivity contribution < 1.29 is 31.5 Å². The van der Waals surface area contributed by atoms with Gasteiger partial charge in [-0.25, -0.2) is 22.0 Å². The number of esters is 1. The molecule has 0 N–H and O–H groups in total. The standard InChI is InChI=1S/C16H17F5O2/c1-15(2)5-8(16(15,3)4)14(22)23-6-7-9(17)11(19)13(21)12(20)10(7)18/h8H,5-6H2,1-4H3. The Balaban J connectivity index is 2.16. The normalized spacial score (nSPS) is 21.7. The van der Waals surface area contributed by atoms with Gasteiger partial charge in [-0.15, -0.1) is 0 Å². The molecule has 0 aliphatic heterocycles. The van der Waals surface area contributed by atoms with E-state index in [-0.39, 0.29) is 10.8 Å². The van der Waals surface area contributed by atoms with Crippen LogP contribution < -0.4 is 0 Å². The molecule has 1 fully saturated rings. The highest BCUT2D eigenvalue weighted by Gasteiger charge is 2.57. The van der Waals surface area contributed by atoms with E-state index in [9.17, 15) is 26.7 Å². The van der Waals surface area contributed by atoms with Gasteiger partial charge in [-0.1, -0.05) is 27.7 Å². The monoisotopic (exact) mass is 336 g/mol. The van der Waals surface area contributed by atoms with Crippen LogP contribution in [0, 0.1) is 45.8 Å². The Hall–Kier alpha value is -1.66. The molecule has 1 unspecified atom stereocenters. The highest BCUT2D eigenvalue weighted by Crippen LogP contribution is 2.60. The summed E-state index contributed by atoms with van der Waals surface area (Å²) in [6.45, 7) is 6.67. The summed E-state index contributed by atoms with van der Waals surface area (Å²) >= 11 is 0. The molecule has 1 atom stereocenters. The number of rotatable bonds is 3. The molecule has 0 radical (unpaired) electrons. The van der Waals surface area contributed by atoms with Gasteiger partial charge >= 0.3 is 5.97 Å². The summed E-state index contributed by atoms with van der Waals surface area (Å²) in [5.41, 5.74) is -1.65. The first-order valence-electron chi connectivity index (χ1n) is 7.08. The summed E-state index contributed by atoms with van der Waals surface area (Å²) in [6, 6.07) is 0. The zero-order chi connectivity index (χ0) is 17.7. The quantitative estimate of drug-likeness (QED) is 0.352. The van der Waals surface area contributed by atoms with Gasteiger partial charge in [0.15, 0.2) is 23.3 Å². The maximum absolute atomic E-state index is 13.5. The number of benzene rings is 1. The van der Waals surface area contributed by atoms with E-state index >= 15 is 0 Å². The Morgan fingerprint density at radius 2 is 1.39 bits per heavy atom. The molecule has 128 valence electrons. The van der Waals surface area contributed by atoms with Crippen LogP contribution in [-0.2, 0) is 16.1 Å². The molecule has 7 heteroatoms. The average molecular weight is 336 g/mol. The Bertz CT molecular complexity index is 638. The van der Waals surface area contributed by atoms with Crippen molar-refractivity contribution in [1.82, 2.24) is 0 Å². The largest absolute Gasteiger partial charge is 0.460 e. The van der Waals surface area contributed by atoms with Crippen LogP contribution >= 0.6 is 0 Å². The molecule has 0 bridgehead atoms. The lowest BCUT2D eigenvalue weighted by Gasteiger charge is -2.57. The molecule has 2 nitrogen and oxygen atoms in total. The molecule has 1 aliphatic rings. The number of carbonyl (C=O) groups excluding carboxylic acids is 1. The van der Waals surface area contributed by atoms with E-state index in [0.717, 1.165) is 0 Å². The highest BCUT2D eigenvalue weighted by molar-refractivity contribution is 5.75. The van der Waals surface area contributed by atoms with Crippen molar-refractivity contribution in [3.05, 3.63) is 34.6 Å². The van der Waals surface area contributed by atoms with Crippen molar-refractivity contribution in [2.75, 3.05) is 0 Å². The lowest BCUT2D eigenvalue weighted by Crippen LogP contribution is -2.55. The van der Waals surface area contributed by atoms with E-state index in [1.54, 1.807) is 0 Å². The molecule has 1 aromatic carbocycles. The fraction of sp³-hybridized carbons (Fsp3) is 0.562. The van der Waals surface area contributed by atoms with Crippen molar-refractivity contribution >= 4 is 5.97 Å². The maximum atomic E-state index is 13.5. The van der Waals surface area contributed by atoms with E-state index < -0.39 is 53.1 Å². The van der Waals surface area contributed by atoms with Gasteiger partial charge in [0, 0.05) is 0 Å². The van der Waals surface area contributed by atoms with Crippen LogP contribution in [0.2, 0.25) is 0 Å². The molecule has 0 heterocycles. The van der Waals surface area contributed by atoms with Gasteiger partial charge < -0.3 is 4.74 Å². The van der Waals surface area contributed by atoms with E-state index in [1.807, 2.05) is 27.7 Å². The second-order valence-electron chi connectivity index (χ2n) is 7.02. The molecule has 2 rings (SSSR count). The zero-order valence-corrected chi connectivity index (χ0v) is 13.2. The predicted octanol–water partition coefficient (Wildman–Crippen LogP) is 4.50. The Labute approximate surface area is 130 Å². The van der Waals surface area contributed by atoms with Crippen LogP contribution in [0.15, 0.2) is 0 Å². The summed E-state index contributed by atoms with van der Waals surface area (Å²) in [4.78, 5) is 12.0. The van der Waals surface area contributed by atoms with Crippen LogP contribution in [0.3, 0.4) is 0 Å². The van der Waals surface area contributed by atoms with Crippen molar-refractivity contribution in [2.24, 2.45) is 16.7 Å². The number of ether oxygens (including phenoxy) is 1.